The second kappa shape index (κ2) is 6.68. The number of rotatable bonds is 6. The monoisotopic (exact) mass is 254 g/mol. The number of nitrogens with one attached hydrogen (secondary N) is 1. The summed E-state index contributed by atoms with van der Waals surface area (Å²) in [4.78, 5) is 23.6. The van der Waals surface area contributed by atoms with E-state index in [2.05, 4.69) is 5.32 Å². The third-order valence-corrected chi connectivity index (χ3v) is 2.32. The van der Waals surface area contributed by atoms with Crippen LogP contribution in [0.25, 0.3) is 0 Å². The highest BCUT2D eigenvalue weighted by Crippen LogP contribution is 2.05. The number of carbonyl (C=O) groups excluding carboxylic acids is 1. The molecule has 0 unspecified atom stereocenters. The summed E-state index contributed by atoms with van der Waals surface area (Å²) in [5.74, 6) is 0.398. The first kappa shape index (κ1) is 14.1. The topological polar surface area (TPSA) is 82.8 Å². The molecule has 0 aromatic carbocycles. The standard InChI is InChI=1S/C12H18N2O4/c1-3-6-14(8-11(15)16)12(17)13-7-10-5-4-9(2)18-10/h4-5H,3,6-8H2,1-2H3,(H,13,17)(H,15,16). The molecule has 0 radical (unpaired) electrons. The largest absolute Gasteiger partial charge is 0.480 e. The smallest absolute Gasteiger partial charge is 0.323 e. The number of carboxylic acid groups (broad SMARTS) is 1. The van der Waals surface area contributed by atoms with Crippen LogP contribution in [0.15, 0.2) is 16.5 Å². The molecular weight excluding hydrogens is 236 g/mol. The van der Waals surface area contributed by atoms with Gasteiger partial charge < -0.3 is 19.7 Å². The van der Waals surface area contributed by atoms with Crippen molar-refractivity contribution in [2.45, 2.75) is 26.8 Å². The van der Waals surface area contributed by atoms with Crippen LogP contribution in [0, 0.1) is 6.92 Å². The summed E-state index contributed by atoms with van der Waals surface area (Å²) in [6, 6.07) is 3.19. The molecule has 6 nitrogen and oxygen atoms in total. The number of amides is 2. The maximum Gasteiger partial charge on any atom is 0.323 e. The molecule has 2 N–H and O–H groups in total. The molecular formula is C12H18N2O4. The molecule has 18 heavy (non-hydrogen) atoms. The zero-order chi connectivity index (χ0) is 13.5. The van der Waals surface area contributed by atoms with Gasteiger partial charge in [-0.2, -0.15) is 0 Å². The van der Waals surface area contributed by atoms with E-state index in [1.54, 1.807) is 6.07 Å². The molecule has 0 fully saturated rings. The number of hydrogen-bond donors (Lipinski definition) is 2. The van der Waals surface area contributed by atoms with Crippen molar-refractivity contribution in [2.75, 3.05) is 13.1 Å². The molecule has 0 spiro atoms. The van der Waals surface area contributed by atoms with E-state index in [-0.39, 0.29) is 13.1 Å². The summed E-state index contributed by atoms with van der Waals surface area (Å²) in [7, 11) is 0. The van der Waals surface area contributed by atoms with Gasteiger partial charge in [-0.15, -0.1) is 0 Å². The van der Waals surface area contributed by atoms with E-state index >= 15 is 0 Å². The Morgan fingerprint density at radius 1 is 1.44 bits per heavy atom. The van der Waals surface area contributed by atoms with E-state index in [1.165, 1.54) is 4.90 Å². The first-order chi connectivity index (χ1) is 8.52. The van der Waals surface area contributed by atoms with Crippen LogP contribution in [-0.2, 0) is 11.3 Å². The van der Waals surface area contributed by atoms with Gasteiger partial charge in [-0.25, -0.2) is 4.79 Å². The minimum atomic E-state index is -1.02. The maximum absolute atomic E-state index is 11.8. The lowest BCUT2D eigenvalue weighted by Crippen LogP contribution is -2.42. The molecule has 100 valence electrons. The summed E-state index contributed by atoms with van der Waals surface area (Å²) in [6.07, 6.45) is 0.709. The average molecular weight is 254 g/mol. The maximum atomic E-state index is 11.8. The Labute approximate surface area is 106 Å². The molecule has 0 aliphatic heterocycles. The van der Waals surface area contributed by atoms with Crippen LogP contribution in [0.3, 0.4) is 0 Å². The number of carboxylic acids is 1. The quantitative estimate of drug-likeness (QED) is 0.807. The Kier molecular flexibility index (Phi) is 5.23. The molecule has 1 rings (SSSR count). The Hall–Kier alpha value is -1.98. The normalized spacial score (nSPS) is 10.1. The number of urea groups is 1. The van der Waals surface area contributed by atoms with Crippen LogP contribution >= 0.6 is 0 Å². The lowest BCUT2D eigenvalue weighted by Gasteiger charge is -2.20. The van der Waals surface area contributed by atoms with Gasteiger partial charge in [0.15, 0.2) is 0 Å². The molecule has 0 atom stereocenters. The fourth-order valence-electron chi connectivity index (χ4n) is 1.54. The average Bonchev–Trinajstić information content (AvgIpc) is 2.71. The summed E-state index contributed by atoms with van der Waals surface area (Å²) >= 11 is 0. The van der Waals surface area contributed by atoms with E-state index in [0.29, 0.717) is 18.7 Å². The van der Waals surface area contributed by atoms with Gasteiger partial charge in [0.25, 0.3) is 0 Å². The predicted octanol–water partition coefficient (Wildman–Crippen LogP) is 1.59. The van der Waals surface area contributed by atoms with Crippen LogP contribution in [0.4, 0.5) is 4.79 Å². The zero-order valence-corrected chi connectivity index (χ0v) is 10.6. The van der Waals surface area contributed by atoms with Crippen molar-refractivity contribution in [3.05, 3.63) is 23.7 Å². The van der Waals surface area contributed by atoms with Crippen molar-refractivity contribution < 1.29 is 19.1 Å². The Morgan fingerprint density at radius 2 is 2.17 bits per heavy atom. The van der Waals surface area contributed by atoms with Gasteiger partial charge >= 0.3 is 12.0 Å². The van der Waals surface area contributed by atoms with E-state index in [1.807, 2.05) is 19.9 Å². The van der Waals surface area contributed by atoms with Gasteiger partial charge in [0.2, 0.25) is 0 Å². The molecule has 1 aromatic heterocycles. The Bertz CT molecular complexity index is 414. The SMILES string of the molecule is CCCN(CC(=O)O)C(=O)NCc1ccc(C)o1. The number of hydrogen-bond acceptors (Lipinski definition) is 3. The third-order valence-electron chi connectivity index (χ3n) is 2.32. The molecule has 6 heteroatoms. The van der Waals surface area contributed by atoms with Crippen molar-refractivity contribution in [1.82, 2.24) is 10.2 Å². The molecule has 0 saturated carbocycles. The molecule has 0 bridgehead atoms. The summed E-state index contributed by atoms with van der Waals surface area (Å²) < 4.78 is 5.31. The fourth-order valence-corrected chi connectivity index (χ4v) is 1.54. The van der Waals surface area contributed by atoms with Crippen molar-refractivity contribution in [2.24, 2.45) is 0 Å². The Balaban J connectivity index is 2.48. The molecule has 0 aliphatic rings. The number of furan rings is 1. The van der Waals surface area contributed by atoms with E-state index in [0.717, 1.165) is 5.76 Å². The number of aliphatic carboxylic acids is 1. The summed E-state index contributed by atoms with van der Waals surface area (Å²) in [5, 5.41) is 11.3. The number of nitrogens with zero attached hydrogens (tertiary/aromatic N) is 1. The van der Waals surface area contributed by atoms with Crippen molar-refractivity contribution in [1.29, 1.82) is 0 Å². The van der Waals surface area contributed by atoms with Gasteiger partial charge in [0.1, 0.15) is 18.1 Å². The molecule has 1 heterocycles. The third kappa shape index (κ3) is 4.48. The molecule has 0 saturated heterocycles. The lowest BCUT2D eigenvalue weighted by atomic mass is 10.4. The summed E-state index contributed by atoms with van der Waals surface area (Å²) in [6.45, 7) is 4.08. The van der Waals surface area contributed by atoms with Crippen LogP contribution in [0.5, 0.6) is 0 Å². The molecule has 1 aromatic rings. The highest BCUT2D eigenvalue weighted by atomic mass is 16.4. The highest BCUT2D eigenvalue weighted by molar-refractivity contribution is 5.79. The van der Waals surface area contributed by atoms with E-state index in [4.69, 9.17) is 9.52 Å². The minimum Gasteiger partial charge on any atom is -0.480 e. The van der Waals surface area contributed by atoms with Crippen LogP contribution in [-0.4, -0.2) is 35.1 Å². The number of carbonyl (C=O) groups is 2. The van der Waals surface area contributed by atoms with Crippen molar-refractivity contribution in [3.63, 3.8) is 0 Å². The highest BCUT2D eigenvalue weighted by Gasteiger charge is 2.15. The van der Waals surface area contributed by atoms with E-state index in [9.17, 15) is 9.59 Å². The van der Waals surface area contributed by atoms with Gasteiger partial charge in [0.05, 0.1) is 6.54 Å². The molecule has 0 aliphatic carbocycles. The number of aryl methyl sites for hydroxylation is 1. The first-order valence-corrected chi connectivity index (χ1v) is 5.82. The molecule has 2 amide bonds. The van der Waals surface area contributed by atoms with Crippen LogP contribution in [0.1, 0.15) is 24.9 Å². The lowest BCUT2D eigenvalue weighted by molar-refractivity contribution is -0.137. The fraction of sp³-hybridized carbons (Fsp3) is 0.500. The minimum absolute atomic E-state index is 0.256. The van der Waals surface area contributed by atoms with Gasteiger partial charge in [-0.1, -0.05) is 6.92 Å². The predicted molar refractivity (Wildman–Crippen MR) is 65.2 cm³/mol. The van der Waals surface area contributed by atoms with Gasteiger partial charge in [-0.3, -0.25) is 4.79 Å². The second-order valence-electron chi connectivity index (χ2n) is 3.99. The van der Waals surface area contributed by atoms with Crippen molar-refractivity contribution in [3.8, 4) is 0 Å². The van der Waals surface area contributed by atoms with Gasteiger partial charge in [-0.05, 0) is 25.5 Å². The van der Waals surface area contributed by atoms with Crippen molar-refractivity contribution >= 4 is 12.0 Å². The second-order valence-corrected chi connectivity index (χ2v) is 3.99. The van der Waals surface area contributed by atoms with Gasteiger partial charge in [0, 0.05) is 6.54 Å². The van der Waals surface area contributed by atoms with Crippen LogP contribution < -0.4 is 5.32 Å². The Morgan fingerprint density at radius 3 is 2.67 bits per heavy atom. The van der Waals surface area contributed by atoms with Crippen LogP contribution in [0.2, 0.25) is 0 Å². The summed E-state index contributed by atoms with van der Waals surface area (Å²) in [5.41, 5.74) is 0. The zero-order valence-electron chi connectivity index (χ0n) is 10.6. The van der Waals surface area contributed by atoms with E-state index < -0.39 is 12.0 Å². The first-order valence-electron chi connectivity index (χ1n) is 5.82.